The third-order valence-corrected chi connectivity index (χ3v) is 1.94. The van der Waals surface area contributed by atoms with Crippen molar-refractivity contribution in [3.8, 4) is 11.3 Å². The zero-order valence-corrected chi connectivity index (χ0v) is 7.78. The van der Waals surface area contributed by atoms with Crippen LogP contribution < -0.4 is 5.56 Å². The number of furan rings is 1. The molecule has 2 aromatic rings. The number of aromatic nitrogens is 2. The van der Waals surface area contributed by atoms with E-state index in [1.54, 1.807) is 18.6 Å². The molecule has 4 heteroatoms. The van der Waals surface area contributed by atoms with E-state index in [1.807, 2.05) is 6.92 Å². The molecule has 0 aliphatic rings. The predicted molar refractivity (Wildman–Crippen MR) is 51.9 cm³/mol. The average molecular weight is 190 g/mol. The Kier molecular flexibility index (Phi) is 2.18. The van der Waals surface area contributed by atoms with E-state index in [9.17, 15) is 4.79 Å². The first-order chi connectivity index (χ1) is 6.79. The topological polar surface area (TPSA) is 58.9 Å². The van der Waals surface area contributed by atoms with Crippen LogP contribution in [0, 0.1) is 0 Å². The molecule has 0 aliphatic heterocycles. The van der Waals surface area contributed by atoms with E-state index in [4.69, 9.17) is 4.42 Å². The number of nitrogens with zero attached hydrogens (tertiary/aromatic N) is 1. The van der Waals surface area contributed by atoms with Gasteiger partial charge in [0, 0.05) is 18.1 Å². The predicted octanol–water partition coefficient (Wildman–Crippen LogP) is 1.59. The quantitative estimate of drug-likeness (QED) is 0.782. The third-order valence-electron chi connectivity index (χ3n) is 1.94. The van der Waals surface area contributed by atoms with E-state index < -0.39 is 0 Å². The van der Waals surface area contributed by atoms with E-state index in [2.05, 4.69) is 9.97 Å². The van der Waals surface area contributed by atoms with Crippen LogP contribution in [0.1, 0.15) is 12.7 Å². The molecule has 2 rings (SSSR count). The number of hydrogen-bond acceptors (Lipinski definition) is 3. The first-order valence-corrected chi connectivity index (χ1v) is 4.42. The van der Waals surface area contributed by atoms with Gasteiger partial charge in [0.25, 0.3) is 5.56 Å². The van der Waals surface area contributed by atoms with Crippen molar-refractivity contribution in [3.05, 3.63) is 40.8 Å². The lowest BCUT2D eigenvalue weighted by Gasteiger charge is -1.98. The molecule has 0 amide bonds. The van der Waals surface area contributed by atoms with Crippen molar-refractivity contribution in [2.45, 2.75) is 13.3 Å². The molecular weight excluding hydrogens is 180 g/mol. The molecule has 4 nitrogen and oxygen atoms in total. The van der Waals surface area contributed by atoms with Crippen LogP contribution in [0.25, 0.3) is 11.3 Å². The molecule has 0 radical (unpaired) electrons. The Morgan fingerprint density at radius 2 is 2.43 bits per heavy atom. The van der Waals surface area contributed by atoms with Crippen molar-refractivity contribution < 1.29 is 4.42 Å². The summed E-state index contributed by atoms with van der Waals surface area (Å²) in [5.74, 6) is 0.689. The van der Waals surface area contributed by atoms with Gasteiger partial charge in [-0.25, -0.2) is 4.98 Å². The van der Waals surface area contributed by atoms with Crippen LogP contribution in [0.4, 0.5) is 0 Å². The summed E-state index contributed by atoms with van der Waals surface area (Å²) in [6.45, 7) is 1.94. The number of rotatable bonds is 2. The molecule has 0 aromatic carbocycles. The van der Waals surface area contributed by atoms with Crippen LogP contribution in [0.3, 0.4) is 0 Å². The third kappa shape index (κ3) is 1.59. The van der Waals surface area contributed by atoms with E-state index >= 15 is 0 Å². The zero-order chi connectivity index (χ0) is 9.97. The lowest BCUT2D eigenvalue weighted by atomic mass is 10.2. The minimum Gasteiger partial charge on any atom is -0.472 e. The average Bonchev–Trinajstić information content (AvgIpc) is 2.69. The van der Waals surface area contributed by atoms with Crippen LogP contribution in [0.15, 0.2) is 33.9 Å². The highest BCUT2D eigenvalue weighted by molar-refractivity contribution is 5.56. The fraction of sp³-hybridized carbons (Fsp3) is 0.200. The van der Waals surface area contributed by atoms with E-state index in [1.165, 1.54) is 6.07 Å². The van der Waals surface area contributed by atoms with Crippen molar-refractivity contribution >= 4 is 0 Å². The Balaban J connectivity index is 2.54. The molecule has 0 atom stereocenters. The number of aryl methyl sites for hydroxylation is 1. The van der Waals surface area contributed by atoms with Gasteiger partial charge in [0.05, 0.1) is 18.2 Å². The van der Waals surface area contributed by atoms with E-state index in [0.717, 1.165) is 5.56 Å². The molecular formula is C10H10N2O2. The van der Waals surface area contributed by atoms with E-state index in [0.29, 0.717) is 17.9 Å². The second kappa shape index (κ2) is 3.49. The molecule has 2 heterocycles. The van der Waals surface area contributed by atoms with Crippen LogP contribution in [-0.4, -0.2) is 9.97 Å². The summed E-state index contributed by atoms with van der Waals surface area (Å²) in [6, 6.07) is 3.24. The highest BCUT2D eigenvalue weighted by atomic mass is 16.3. The lowest BCUT2D eigenvalue weighted by Crippen LogP contribution is -2.10. The Hall–Kier alpha value is -1.84. The fourth-order valence-electron chi connectivity index (χ4n) is 1.23. The highest BCUT2D eigenvalue weighted by Gasteiger charge is 2.03. The fourth-order valence-corrected chi connectivity index (χ4v) is 1.23. The number of nitrogens with one attached hydrogen (secondary N) is 1. The Morgan fingerprint density at radius 3 is 3.07 bits per heavy atom. The molecule has 0 fully saturated rings. The minimum atomic E-state index is -0.131. The van der Waals surface area contributed by atoms with Crippen molar-refractivity contribution in [1.82, 2.24) is 9.97 Å². The minimum absolute atomic E-state index is 0.131. The van der Waals surface area contributed by atoms with Gasteiger partial charge in [-0.1, -0.05) is 6.92 Å². The molecule has 1 N–H and O–H groups in total. The van der Waals surface area contributed by atoms with Crippen molar-refractivity contribution in [2.75, 3.05) is 0 Å². The van der Waals surface area contributed by atoms with Gasteiger partial charge in [-0.3, -0.25) is 4.79 Å². The summed E-state index contributed by atoms with van der Waals surface area (Å²) in [5, 5.41) is 0. The monoisotopic (exact) mass is 190 g/mol. The Labute approximate surface area is 80.6 Å². The standard InChI is InChI=1S/C10H10N2O2/c1-2-9-11-8(5-10(13)12-9)7-3-4-14-6-7/h3-6H,2H2,1H3,(H,11,12,13). The molecule has 0 unspecified atom stereocenters. The first kappa shape index (κ1) is 8.74. The second-order valence-corrected chi connectivity index (χ2v) is 2.94. The maximum absolute atomic E-state index is 11.2. The molecule has 0 saturated heterocycles. The van der Waals surface area contributed by atoms with E-state index in [-0.39, 0.29) is 5.56 Å². The van der Waals surface area contributed by atoms with Gasteiger partial charge in [-0.05, 0) is 6.07 Å². The van der Waals surface area contributed by atoms with Crippen LogP contribution in [-0.2, 0) is 6.42 Å². The number of H-pyrrole nitrogens is 1. The van der Waals surface area contributed by atoms with Gasteiger partial charge in [0.15, 0.2) is 0 Å². The van der Waals surface area contributed by atoms with Crippen LogP contribution in [0.2, 0.25) is 0 Å². The van der Waals surface area contributed by atoms with Gasteiger partial charge < -0.3 is 9.40 Å². The van der Waals surface area contributed by atoms with Crippen LogP contribution >= 0.6 is 0 Å². The Morgan fingerprint density at radius 1 is 1.57 bits per heavy atom. The molecule has 72 valence electrons. The maximum atomic E-state index is 11.2. The molecule has 2 aromatic heterocycles. The summed E-state index contributed by atoms with van der Waals surface area (Å²) in [4.78, 5) is 18.2. The molecule has 0 saturated carbocycles. The summed E-state index contributed by atoms with van der Waals surface area (Å²) < 4.78 is 4.93. The summed E-state index contributed by atoms with van der Waals surface area (Å²) >= 11 is 0. The second-order valence-electron chi connectivity index (χ2n) is 2.94. The summed E-state index contributed by atoms with van der Waals surface area (Å²) in [5.41, 5.74) is 1.35. The van der Waals surface area contributed by atoms with Crippen molar-refractivity contribution in [1.29, 1.82) is 0 Å². The van der Waals surface area contributed by atoms with Crippen molar-refractivity contribution in [2.24, 2.45) is 0 Å². The highest BCUT2D eigenvalue weighted by Crippen LogP contribution is 2.14. The smallest absolute Gasteiger partial charge is 0.251 e. The number of hydrogen-bond donors (Lipinski definition) is 1. The summed E-state index contributed by atoms with van der Waals surface area (Å²) in [6.07, 6.45) is 3.84. The van der Waals surface area contributed by atoms with Gasteiger partial charge in [0.2, 0.25) is 0 Å². The maximum Gasteiger partial charge on any atom is 0.251 e. The SMILES string of the molecule is CCc1nc(-c2ccoc2)cc(=O)[nH]1. The van der Waals surface area contributed by atoms with Gasteiger partial charge in [-0.15, -0.1) is 0 Å². The molecule has 0 spiro atoms. The largest absolute Gasteiger partial charge is 0.472 e. The normalized spacial score (nSPS) is 10.4. The lowest BCUT2D eigenvalue weighted by molar-refractivity contribution is 0.568. The number of aromatic amines is 1. The molecule has 14 heavy (non-hydrogen) atoms. The molecule has 0 bridgehead atoms. The first-order valence-electron chi connectivity index (χ1n) is 4.42. The molecule has 0 aliphatic carbocycles. The van der Waals surface area contributed by atoms with Crippen molar-refractivity contribution in [3.63, 3.8) is 0 Å². The van der Waals surface area contributed by atoms with Crippen LogP contribution in [0.5, 0.6) is 0 Å². The van der Waals surface area contributed by atoms with Gasteiger partial charge >= 0.3 is 0 Å². The van der Waals surface area contributed by atoms with Gasteiger partial charge in [0.1, 0.15) is 5.82 Å². The zero-order valence-electron chi connectivity index (χ0n) is 7.78. The van der Waals surface area contributed by atoms with Gasteiger partial charge in [-0.2, -0.15) is 0 Å². The Bertz CT molecular complexity index is 471. The summed E-state index contributed by atoms with van der Waals surface area (Å²) in [7, 11) is 0.